The molecule has 3 aliphatic carbocycles. The van der Waals surface area contributed by atoms with Crippen molar-refractivity contribution in [1.29, 1.82) is 0 Å². The van der Waals surface area contributed by atoms with Crippen LogP contribution < -0.4 is 4.74 Å². The lowest BCUT2D eigenvalue weighted by Gasteiger charge is -2.49. The van der Waals surface area contributed by atoms with Crippen LogP contribution in [0.5, 0.6) is 5.75 Å². The van der Waals surface area contributed by atoms with E-state index in [1.54, 1.807) is 0 Å². The predicted octanol–water partition coefficient (Wildman–Crippen LogP) is 3.58. The second-order valence-corrected chi connectivity index (χ2v) is 8.57. The van der Waals surface area contributed by atoms with Gasteiger partial charge in [-0.2, -0.15) is 0 Å². The molecule has 1 aromatic rings. The van der Waals surface area contributed by atoms with Gasteiger partial charge in [0, 0.05) is 25.7 Å². The van der Waals surface area contributed by atoms with Crippen molar-refractivity contribution in [3.8, 4) is 5.75 Å². The smallest absolute Gasteiger partial charge is 0.308 e. The second-order valence-electron chi connectivity index (χ2n) is 8.57. The third-order valence-electron chi connectivity index (χ3n) is 6.99. The van der Waals surface area contributed by atoms with E-state index in [1.807, 2.05) is 12.1 Å². The number of rotatable bonds is 2. The van der Waals surface area contributed by atoms with Crippen molar-refractivity contribution in [3.05, 3.63) is 29.3 Å². The highest BCUT2D eigenvalue weighted by molar-refractivity contribution is 5.89. The Morgan fingerprint density at radius 2 is 1.93 bits per heavy atom. The molecule has 5 heteroatoms. The van der Waals surface area contributed by atoms with E-state index in [2.05, 4.69) is 13.0 Å². The van der Waals surface area contributed by atoms with Gasteiger partial charge >= 0.3 is 11.9 Å². The molecular weight excluding hydrogens is 344 g/mol. The van der Waals surface area contributed by atoms with Crippen molar-refractivity contribution in [2.24, 2.45) is 17.3 Å². The van der Waals surface area contributed by atoms with E-state index < -0.39 is 6.10 Å². The molecule has 0 unspecified atom stereocenters. The Labute approximate surface area is 159 Å². The van der Waals surface area contributed by atoms with Gasteiger partial charge in [0.05, 0.1) is 0 Å². The highest BCUT2D eigenvalue weighted by Gasteiger charge is 2.59. The van der Waals surface area contributed by atoms with E-state index in [-0.39, 0.29) is 29.1 Å². The molecule has 0 saturated heterocycles. The number of hydrogen-bond acceptors (Lipinski definition) is 5. The molecule has 3 aliphatic rings. The Morgan fingerprint density at radius 3 is 2.63 bits per heavy atom. The van der Waals surface area contributed by atoms with Gasteiger partial charge in [0.15, 0.2) is 11.9 Å². The molecule has 0 amide bonds. The SMILES string of the molecule is CC(=O)Oc1ccc2c(c1)CC[C@@H]1[C@@H]2CC[C@]2(C)[C@@H](OC(C)=O)C(=O)C[C@@H]12. The first kappa shape index (κ1) is 18.2. The first-order valence-corrected chi connectivity index (χ1v) is 9.81. The van der Waals surface area contributed by atoms with Crippen molar-refractivity contribution < 1.29 is 23.9 Å². The number of ketones is 1. The van der Waals surface area contributed by atoms with E-state index in [9.17, 15) is 14.4 Å². The van der Waals surface area contributed by atoms with Crippen LogP contribution in [0, 0.1) is 17.3 Å². The molecule has 4 rings (SSSR count). The van der Waals surface area contributed by atoms with Gasteiger partial charge in [-0.25, -0.2) is 0 Å². The molecule has 27 heavy (non-hydrogen) atoms. The lowest BCUT2D eigenvalue weighted by Crippen LogP contribution is -2.45. The van der Waals surface area contributed by atoms with Crippen LogP contribution >= 0.6 is 0 Å². The minimum Gasteiger partial charge on any atom is -0.454 e. The molecule has 5 nitrogen and oxygen atoms in total. The van der Waals surface area contributed by atoms with Gasteiger partial charge in [-0.3, -0.25) is 14.4 Å². The van der Waals surface area contributed by atoms with Crippen molar-refractivity contribution in [2.75, 3.05) is 0 Å². The zero-order chi connectivity index (χ0) is 19.3. The molecule has 0 radical (unpaired) electrons. The average Bonchev–Trinajstić information content (AvgIpc) is 2.85. The monoisotopic (exact) mass is 370 g/mol. The van der Waals surface area contributed by atoms with E-state index >= 15 is 0 Å². The van der Waals surface area contributed by atoms with Crippen LogP contribution in [0.3, 0.4) is 0 Å². The molecule has 0 spiro atoms. The second kappa shape index (κ2) is 6.47. The number of benzene rings is 1. The molecular formula is C22H26O5. The number of Topliss-reactive ketones (excluding diaryl/α,β-unsaturated/α-hetero) is 1. The van der Waals surface area contributed by atoms with Crippen LogP contribution in [-0.2, 0) is 25.5 Å². The van der Waals surface area contributed by atoms with Crippen LogP contribution in [0.25, 0.3) is 0 Å². The fraction of sp³-hybridized carbons (Fsp3) is 0.591. The van der Waals surface area contributed by atoms with Gasteiger partial charge in [-0.15, -0.1) is 0 Å². The summed E-state index contributed by atoms with van der Waals surface area (Å²) in [6.45, 7) is 4.92. The van der Waals surface area contributed by atoms with E-state index in [4.69, 9.17) is 9.47 Å². The summed E-state index contributed by atoms with van der Waals surface area (Å²) in [4.78, 5) is 35.3. The van der Waals surface area contributed by atoms with E-state index in [0.29, 0.717) is 24.0 Å². The molecule has 5 atom stereocenters. The zero-order valence-corrected chi connectivity index (χ0v) is 16.1. The van der Waals surface area contributed by atoms with Gasteiger partial charge in [-0.1, -0.05) is 13.0 Å². The average molecular weight is 370 g/mol. The standard InChI is InChI=1S/C22H26O5/c1-12(23)26-15-5-7-16-14(10-15)4-6-18-17(16)8-9-22(3)19(18)11-20(25)21(22)27-13(2)24/h5,7,10,17-19,21H,4,6,8-9,11H2,1-3H3/t17-,18-,19+,21+,22+/m1/s1. The maximum atomic E-state index is 12.6. The molecule has 0 bridgehead atoms. The molecule has 0 aliphatic heterocycles. The predicted molar refractivity (Wildman–Crippen MR) is 98.3 cm³/mol. The van der Waals surface area contributed by atoms with Gasteiger partial charge in [-0.05, 0) is 66.7 Å². The number of ether oxygens (including phenoxy) is 2. The quantitative estimate of drug-likeness (QED) is 0.588. The molecule has 2 saturated carbocycles. The Balaban J connectivity index is 1.62. The largest absolute Gasteiger partial charge is 0.454 e. The minimum absolute atomic E-state index is 0.0781. The van der Waals surface area contributed by atoms with Crippen LogP contribution in [0.4, 0.5) is 0 Å². The summed E-state index contributed by atoms with van der Waals surface area (Å²) in [5, 5.41) is 0. The first-order chi connectivity index (χ1) is 12.8. The van der Waals surface area contributed by atoms with Crippen molar-refractivity contribution in [1.82, 2.24) is 0 Å². The summed E-state index contributed by atoms with van der Waals surface area (Å²) >= 11 is 0. The Hall–Kier alpha value is -2.17. The van der Waals surface area contributed by atoms with Crippen LogP contribution in [0.15, 0.2) is 18.2 Å². The molecule has 0 heterocycles. The Kier molecular flexibility index (Phi) is 4.36. The van der Waals surface area contributed by atoms with Crippen LogP contribution in [-0.4, -0.2) is 23.8 Å². The minimum atomic E-state index is -0.589. The first-order valence-electron chi connectivity index (χ1n) is 9.81. The summed E-state index contributed by atoms with van der Waals surface area (Å²) in [5.41, 5.74) is 2.33. The number of carbonyl (C=O) groups excluding carboxylic acids is 3. The molecule has 1 aromatic carbocycles. The summed E-state index contributed by atoms with van der Waals surface area (Å²) in [6.07, 6.45) is 3.73. The summed E-state index contributed by atoms with van der Waals surface area (Å²) in [6, 6.07) is 5.95. The zero-order valence-electron chi connectivity index (χ0n) is 16.1. The Morgan fingerprint density at radius 1 is 1.15 bits per heavy atom. The maximum absolute atomic E-state index is 12.6. The van der Waals surface area contributed by atoms with E-state index in [0.717, 1.165) is 25.7 Å². The van der Waals surface area contributed by atoms with Crippen molar-refractivity contribution in [2.45, 2.75) is 64.9 Å². The highest BCUT2D eigenvalue weighted by atomic mass is 16.5. The van der Waals surface area contributed by atoms with Gasteiger partial charge in [0.2, 0.25) is 0 Å². The van der Waals surface area contributed by atoms with Crippen molar-refractivity contribution in [3.63, 3.8) is 0 Å². The Bertz CT molecular complexity index is 813. The summed E-state index contributed by atoms with van der Waals surface area (Å²) in [5.74, 6) is 1.11. The fourth-order valence-corrected chi connectivity index (χ4v) is 5.90. The molecule has 144 valence electrons. The highest BCUT2D eigenvalue weighted by Crippen LogP contribution is 2.60. The van der Waals surface area contributed by atoms with Gasteiger partial charge in [0.1, 0.15) is 5.75 Å². The third kappa shape index (κ3) is 2.97. The summed E-state index contributed by atoms with van der Waals surface area (Å²) < 4.78 is 10.7. The van der Waals surface area contributed by atoms with Crippen molar-refractivity contribution >= 4 is 17.7 Å². The molecule has 0 aromatic heterocycles. The topological polar surface area (TPSA) is 69.7 Å². The lowest BCUT2D eigenvalue weighted by atomic mass is 9.55. The normalized spacial score (nSPS) is 34.3. The van der Waals surface area contributed by atoms with E-state index in [1.165, 1.54) is 25.0 Å². The maximum Gasteiger partial charge on any atom is 0.308 e. The van der Waals surface area contributed by atoms with Gasteiger partial charge in [0.25, 0.3) is 0 Å². The molecule has 0 N–H and O–H groups in total. The fourth-order valence-electron chi connectivity index (χ4n) is 5.90. The third-order valence-corrected chi connectivity index (χ3v) is 6.99. The van der Waals surface area contributed by atoms with Crippen LogP contribution in [0.2, 0.25) is 0 Å². The number of fused-ring (bicyclic) bond motifs is 5. The summed E-state index contributed by atoms with van der Waals surface area (Å²) in [7, 11) is 0. The van der Waals surface area contributed by atoms with Crippen LogP contribution in [0.1, 0.15) is 63.5 Å². The van der Waals surface area contributed by atoms with Gasteiger partial charge < -0.3 is 9.47 Å². The number of carbonyl (C=O) groups is 3. The number of esters is 2. The number of hydrogen-bond donors (Lipinski definition) is 0. The number of aryl methyl sites for hydroxylation is 1. The lowest BCUT2D eigenvalue weighted by molar-refractivity contribution is -0.159. The molecule has 2 fully saturated rings.